The van der Waals surface area contributed by atoms with Gasteiger partial charge >= 0.3 is 5.97 Å². The van der Waals surface area contributed by atoms with Gasteiger partial charge in [0.25, 0.3) is 11.8 Å². The number of nitrogens with zero attached hydrogens (tertiary/aromatic N) is 2. The Kier molecular flexibility index (Phi) is 5.84. The molecule has 0 bridgehead atoms. The number of hydrogen-bond acceptors (Lipinski definition) is 5. The summed E-state index contributed by atoms with van der Waals surface area (Å²) >= 11 is 0. The Morgan fingerprint density at radius 3 is 2.13 bits per heavy atom. The molecule has 1 fully saturated rings. The van der Waals surface area contributed by atoms with Crippen molar-refractivity contribution in [2.75, 3.05) is 13.2 Å². The van der Waals surface area contributed by atoms with Crippen LogP contribution in [-0.4, -0.2) is 58.7 Å². The summed E-state index contributed by atoms with van der Waals surface area (Å²) in [5.74, 6) is -1.87. The highest BCUT2D eigenvalue weighted by atomic mass is 16.5. The van der Waals surface area contributed by atoms with Gasteiger partial charge in [0.2, 0.25) is 5.91 Å². The van der Waals surface area contributed by atoms with Crippen molar-refractivity contribution in [1.29, 1.82) is 0 Å². The highest BCUT2D eigenvalue weighted by Crippen LogP contribution is 2.31. The van der Waals surface area contributed by atoms with Crippen molar-refractivity contribution in [1.82, 2.24) is 9.80 Å². The maximum absolute atomic E-state index is 13.7. The highest BCUT2D eigenvalue weighted by molar-refractivity contribution is 6.22. The van der Waals surface area contributed by atoms with Crippen molar-refractivity contribution in [2.24, 2.45) is 0 Å². The first-order valence-corrected chi connectivity index (χ1v) is 10.5. The van der Waals surface area contributed by atoms with Crippen LogP contribution in [0.15, 0.2) is 54.6 Å². The van der Waals surface area contributed by atoms with Crippen LogP contribution in [0.5, 0.6) is 0 Å². The summed E-state index contributed by atoms with van der Waals surface area (Å²) in [6.45, 7) is 1.74. The molecule has 0 aromatic heterocycles. The van der Waals surface area contributed by atoms with Crippen molar-refractivity contribution >= 4 is 23.7 Å². The average Bonchev–Trinajstić information content (AvgIpc) is 3.59. The van der Waals surface area contributed by atoms with Crippen LogP contribution in [0.1, 0.15) is 46.0 Å². The minimum Gasteiger partial charge on any atom is -0.465 e. The van der Waals surface area contributed by atoms with Gasteiger partial charge < -0.3 is 9.64 Å². The number of fused-ring (bicyclic) bond motifs is 1. The van der Waals surface area contributed by atoms with E-state index >= 15 is 0 Å². The maximum atomic E-state index is 13.7. The van der Waals surface area contributed by atoms with Gasteiger partial charge in [-0.1, -0.05) is 42.5 Å². The molecule has 0 spiro atoms. The van der Waals surface area contributed by atoms with Crippen LogP contribution in [0.2, 0.25) is 0 Å². The minimum absolute atomic E-state index is 0.0784. The fourth-order valence-corrected chi connectivity index (χ4v) is 3.93. The molecule has 1 atom stereocenters. The minimum atomic E-state index is -1.04. The van der Waals surface area contributed by atoms with E-state index in [0.29, 0.717) is 11.1 Å². The van der Waals surface area contributed by atoms with E-state index in [9.17, 15) is 19.2 Å². The van der Waals surface area contributed by atoms with E-state index in [1.807, 2.05) is 30.3 Å². The zero-order valence-electron chi connectivity index (χ0n) is 17.3. The number of rotatable bonds is 8. The molecule has 7 heteroatoms. The molecule has 0 radical (unpaired) electrons. The first-order chi connectivity index (χ1) is 15.0. The molecule has 2 aromatic carbocycles. The van der Waals surface area contributed by atoms with Gasteiger partial charge in [-0.15, -0.1) is 0 Å². The van der Waals surface area contributed by atoms with Crippen molar-refractivity contribution in [3.8, 4) is 0 Å². The summed E-state index contributed by atoms with van der Waals surface area (Å²) in [6.07, 6.45) is 1.74. The molecule has 1 saturated carbocycles. The van der Waals surface area contributed by atoms with E-state index in [1.165, 1.54) is 4.90 Å². The van der Waals surface area contributed by atoms with E-state index in [-0.39, 0.29) is 25.6 Å². The van der Waals surface area contributed by atoms with Crippen LogP contribution >= 0.6 is 0 Å². The molecule has 31 heavy (non-hydrogen) atoms. The van der Waals surface area contributed by atoms with Gasteiger partial charge in [0.05, 0.1) is 17.7 Å². The molecule has 2 aliphatic rings. The lowest BCUT2D eigenvalue weighted by atomic mass is 10.0. The lowest BCUT2D eigenvalue weighted by Gasteiger charge is -2.31. The topological polar surface area (TPSA) is 84.0 Å². The summed E-state index contributed by atoms with van der Waals surface area (Å²) in [7, 11) is 0. The maximum Gasteiger partial charge on any atom is 0.325 e. The third kappa shape index (κ3) is 4.21. The zero-order chi connectivity index (χ0) is 22.0. The van der Waals surface area contributed by atoms with E-state index in [0.717, 1.165) is 23.3 Å². The Morgan fingerprint density at radius 2 is 1.58 bits per heavy atom. The second-order valence-electron chi connectivity index (χ2n) is 7.73. The lowest BCUT2D eigenvalue weighted by Crippen LogP contribution is -2.53. The Balaban J connectivity index is 1.68. The number of benzene rings is 2. The van der Waals surface area contributed by atoms with Crippen molar-refractivity contribution in [3.05, 3.63) is 71.3 Å². The van der Waals surface area contributed by atoms with Crippen molar-refractivity contribution < 1.29 is 23.9 Å². The molecule has 0 unspecified atom stereocenters. The largest absolute Gasteiger partial charge is 0.465 e. The molecule has 0 N–H and O–H groups in total. The first kappa shape index (κ1) is 20.8. The molecule has 0 saturated heterocycles. The van der Waals surface area contributed by atoms with Crippen LogP contribution in [0.25, 0.3) is 0 Å². The van der Waals surface area contributed by atoms with Crippen LogP contribution < -0.4 is 0 Å². The van der Waals surface area contributed by atoms with Crippen LogP contribution in [0.3, 0.4) is 0 Å². The fourth-order valence-electron chi connectivity index (χ4n) is 3.93. The molecule has 1 heterocycles. The Morgan fingerprint density at radius 1 is 1.00 bits per heavy atom. The van der Waals surface area contributed by atoms with Crippen LogP contribution in [-0.2, 0) is 20.7 Å². The number of hydrogen-bond donors (Lipinski definition) is 0. The SMILES string of the molecule is CCOC(=O)CN(C(=O)[C@H](Cc1ccccc1)N1C(=O)c2ccccc2C1=O)C1CC1. The monoisotopic (exact) mass is 420 g/mol. The number of ether oxygens (including phenoxy) is 1. The zero-order valence-corrected chi connectivity index (χ0v) is 17.3. The number of esters is 1. The van der Waals surface area contributed by atoms with Gasteiger partial charge in [0, 0.05) is 12.5 Å². The van der Waals surface area contributed by atoms with E-state index in [4.69, 9.17) is 4.74 Å². The molecule has 4 rings (SSSR count). The Hall–Kier alpha value is -3.48. The average molecular weight is 420 g/mol. The second-order valence-corrected chi connectivity index (χ2v) is 7.73. The normalized spacial score (nSPS) is 16.1. The fraction of sp³-hybridized carbons (Fsp3) is 0.333. The lowest BCUT2D eigenvalue weighted by molar-refractivity contribution is -0.150. The van der Waals surface area contributed by atoms with Crippen molar-refractivity contribution in [2.45, 2.75) is 38.3 Å². The first-order valence-electron chi connectivity index (χ1n) is 10.5. The van der Waals surface area contributed by atoms with Gasteiger partial charge in [-0.3, -0.25) is 24.1 Å². The predicted molar refractivity (Wildman–Crippen MR) is 112 cm³/mol. The smallest absolute Gasteiger partial charge is 0.325 e. The Labute approximate surface area is 180 Å². The molecule has 3 amide bonds. The molecule has 7 nitrogen and oxygen atoms in total. The molecular weight excluding hydrogens is 396 g/mol. The number of carbonyl (C=O) groups excluding carboxylic acids is 4. The second kappa shape index (κ2) is 8.71. The van der Waals surface area contributed by atoms with Gasteiger partial charge in [-0.2, -0.15) is 0 Å². The van der Waals surface area contributed by atoms with Gasteiger partial charge in [0.15, 0.2) is 0 Å². The van der Waals surface area contributed by atoms with E-state index in [1.54, 1.807) is 31.2 Å². The molecule has 1 aliphatic heterocycles. The van der Waals surface area contributed by atoms with Crippen LogP contribution in [0.4, 0.5) is 0 Å². The van der Waals surface area contributed by atoms with Crippen LogP contribution in [0, 0.1) is 0 Å². The molecular formula is C24H24N2O5. The summed E-state index contributed by atoms with van der Waals surface area (Å²) in [5.41, 5.74) is 1.41. The molecule has 160 valence electrons. The number of carbonyl (C=O) groups is 4. The number of amides is 3. The summed E-state index contributed by atoms with van der Waals surface area (Å²) < 4.78 is 5.04. The van der Waals surface area contributed by atoms with E-state index in [2.05, 4.69) is 0 Å². The van der Waals surface area contributed by atoms with Gasteiger partial charge in [-0.25, -0.2) is 0 Å². The predicted octanol–water partition coefficient (Wildman–Crippen LogP) is 2.45. The third-order valence-electron chi connectivity index (χ3n) is 5.57. The summed E-state index contributed by atoms with van der Waals surface area (Å²) in [6, 6.07) is 14.7. The molecule has 1 aliphatic carbocycles. The highest BCUT2D eigenvalue weighted by Gasteiger charge is 2.46. The summed E-state index contributed by atoms with van der Waals surface area (Å²) in [5, 5.41) is 0. The standard InChI is InChI=1S/C24H24N2O5/c1-2-31-21(27)15-25(17-12-13-17)24(30)20(14-16-8-4-3-5-9-16)26-22(28)18-10-6-7-11-19(18)23(26)29/h3-11,17,20H,2,12-15H2,1H3/t20-/m0/s1. The van der Waals surface area contributed by atoms with E-state index < -0.39 is 29.7 Å². The van der Waals surface area contributed by atoms with Gasteiger partial charge in [0.1, 0.15) is 12.6 Å². The van der Waals surface area contributed by atoms with Gasteiger partial charge in [-0.05, 0) is 37.5 Å². The molecule has 2 aromatic rings. The number of imide groups is 1. The third-order valence-corrected chi connectivity index (χ3v) is 5.57. The quantitative estimate of drug-likeness (QED) is 0.484. The summed E-state index contributed by atoms with van der Waals surface area (Å²) in [4.78, 5) is 54.6. The Bertz CT molecular complexity index is 981. The van der Waals surface area contributed by atoms with Crippen molar-refractivity contribution in [3.63, 3.8) is 0 Å².